The third-order valence-corrected chi connectivity index (χ3v) is 4.29. The molecule has 0 aromatic heterocycles. The minimum Gasteiger partial charge on any atom is -0.490 e. The van der Waals surface area contributed by atoms with Crippen LogP contribution in [0.3, 0.4) is 0 Å². The normalized spacial score (nSPS) is 12.8. The minimum atomic E-state index is -0.216. The first-order valence-electron chi connectivity index (χ1n) is 8.60. The second-order valence-electron chi connectivity index (χ2n) is 6.40. The molecule has 3 rings (SSSR count). The van der Waals surface area contributed by atoms with Gasteiger partial charge in [0.05, 0.1) is 25.3 Å². The molecule has 0 atom stereocenters. The van der Waals surface area contributed by atoms with Crippen molar-refractivity contribution in [1.82, 2.24) is 4.90 Å². The van der Waals surface area contributed by atoms with Crippen LogP contribution in [0.15, 0.2) is 48.5 Å². The van der Waals surface area contributed by atoms with Gasteiger partial charge in [-0.1, -0.05) is 29.8 Å². The summed E-state index contributed by atoms with van der Waals surface area (Å²) in [5, 5.41) is 2.81. The van der Waals surface area contributed by atoms with Gasteiger partial charge in [0.25, 0.3) is 0 Å². The van der Waals surface area contributed by atoms with Gasteiger partial charge in [-0.2, -0.15) is 0 Å². The SMILES string of the molecule is Cc1ccc(NC(=O)CN(C)C(=O)CN2CCOc3ccccc32)cc1. The van der Waals surface area contributed by atoms with Crippen LogP contribution >= 0.6 is 0 Å². The van der Waals surface area contributed by atoms with Crippen molar-refractivity contribution in [3.05, 3.63) is 54.1 Å². The molecule has 1 heterocycles. The highest BCUT2D eigenvalue weighted by atomic mass is 16.5. The van der Waals surface area contributed by atoms with Crippen molar-refractivity contribution in [2.45, 2.75) is 6.92 Å². The molecule has 2 amide bonds. The number of likely N-dealkylation sites (N-methyl/N-ethyl adjacent to an activating group) is 1. The Kier molecular flexibility index (Phi) is 5.41. The van der Waals surface area contributed by atoms with Gasteiger partial charge in [0, 0.05) is 12.7 Å². The number of carbonyl (C=O) groups excluding carboxylic acids is 2. The first-order valence-corrected chi connectivity index (χ1v) is 8.60. The van der Waals surface area contributed by atoms with Crippen molar-refractivity contribution in [2.75, 3.05) is 43.5 Å². The highest BCUT2D eigenvalue weighted by Crippen LogP contribution is 2.30. The van der Waals surface area contributed by atoms with E-state index in [-0.39, 0.29) is 24.9 Å². The standard InChI is InChI=1S/C20H23N3O3/c1-15-7-9-16(10-8-15)21-19(24)13-22(2)20(25)14-23-11-12-26-18-6-4-3-5-17(18)23/h3-10H,11-14H2,1-2H3,(H,21,24). The molecule has 0 saturated heterocycles. The number of fused-ring (bicyclic) bond motifs is 1. The first-order chi connectivity index (χ1) is 12.5. The van der Waals surface area contributed by atoms with E-state index in [0.29, 0.717) is 13.2 Å². The van der Waals surface area contributed by atoms with Gasteiger partial charge in [0.1, 0.15) is 12.4 Å². The van der Waals surface area contributed by atoms with Crippen LogP contribution in [0.25, 0.3) is 0 Å². The maximum absolute atomic E-state index is 12.5. The van der Waals surface area contributed by atoms with E-state index in [1.54, 1.807) is 7.05 Å². The Morgan fingerprint density at radius 3 is 2.65 bits per heavy atom. The number of ether oxygens (including phenoxy) is 1. The van der Waals surface area contributed by atoms with Crippen molar-refractivity contribution in [3.63, 3.8) is 0 Å². The Balaban J connectivity index is 1.55. The first kappa shape index (κ1) is 17.8. The van der Waals surface area contributed by atoms with Gasteiger partial charge >= 0.3 is 0 Å². The summed E-state index contributed by atoms with van der Waals surface area (Å²) < 4.78 is 5.60. The second-order valence-corrected chi connectivity index (χ2v) is 6.40. The second kappa shape index (κ2) is 7.91. The molecule has 0 unspecified atom stereocenters. The lowest BCUT2D eigenvalue weighted by molar-refractivity contribution is -0.132. The van der Waals surface area contributed by atoms with Gasteiger partial charge < -0.3 is 19.9 Å². The van der Waals surface area contributed by atoms with E-state index in [0.717, 1.165) is 22.7 Å². The van der Waals surface area contributed by atoms with E-state index in [9.17, 15) is 9.59 Å². The van der Waals surface area contributed by atoms with Crippen LogP contribution in [0.1, 0.15) is 5.56 Å². The summed E-state index contributed by atoms with van der Waals surface area (Å²) in [5.41, 5.74) is 2.76. The van der Waals surface area contributed by atoms with Gasteiger partial charge in [0.2, 0.25) is 11.8 Å². The lowest BCUT2D eigenvalue weighted by atomic mass is 10.2. The van der Waals surface area contributed by atoms with E-state index in [1.807, 2.05) is 60.4 Å². The molecule has 2 aromatic carbocycles. The van der Waals surface area contributed by atoms with Crippen molar-refractivity contribution in [3.8, 4) is 5.75 Å². The number of carbonyl (C=O) groups is 2. The fraction of sp³-hybridized carbons (Fsp3) is 0.300. The zero-order valence-corrected chi connectivity index (χ0v) is 15.1. The predicted molar refractivity (Wildman–Crippen MR) is 102 cm³/mol. The Bertz CT molecular complexity index is 789. The van der Waals surface area contributed by atoms with Crippen LogP contribution in [0, 0.1) is 6.92 Å². The molecule has 1 aliphatic rings. The third kappa shape index (κ3) is 4.33. The number of benzene rings is 2. The van der Waals surface area contributed by atoms with Crippen LogP contribution in [0.2, 0.25) is 0 Å². The summed E-state index contributed by atoms with van der Waals surface area (Å²) in [6, 6.07) is 15.2. The average Bonchev–Trinajstić information content (AvgIpc) is 2.64. The number of hydrogen-bond acceptors (Lipinski definition) is 4. The summed E-state index contributed by atoms with van der Waals surface area (Å²) >= 11 is 0. The summed E-state index contributed by atoms with van der Waals surface area (Å²) in [5.74, 6) is 0.458. The summed E-state index contributed by atoms with van der Waals surface area (Å²) in [4.78, 5) is 28.1. The average molecular weight is 353 g/mol. The quantitative estimate of drug-likeness (QED) is 0.896. The topological polar surface area (TPSA) is 61.9 Å². The minimum absolute atomic E-state index is 0.0126. The molecule has 0 saturated carbocycles. The number of hydrogen-bond donors (Lipinski definition) is 1. The van der Waals surface area contributed by atoms with E-state index in [4.69, 9.17) is 4.74 Å². The van der Waals surface area contributed by atoms with Crippen molar-refractivity contribution < 1.29 is 14.3 Å². The molecule has 6 nitrogen and oxygen atoms in total. The van der Waals surface area contributed by atoms with Crippen LogP contribution in [-0.2, 0) is 9.59 Å². The third-order valence-electron chi connectivity index (χ3n) is 4.29. The van der Waals surface area contributed by atoms with Gasteiger partial charge in [-0.25, -0.2) is 0 Å². The van der Waals surface area contributed by atoms with Gasteiger partial charge in [-0.15, -0.1) is 0 Å². The molecule has 136 valence electrons. The molecule has 0 fully saturated rings. The number of nitrogens with zero attached hydrogens (tertiary/aromatic N) is 2. The Morgan fingerprint density at radius 1 is 1.15 bits per heavy atom. The molecule has 6 heteroatoms. The molecule has 0 aliphatic carbocycles. The molecule has 0 radical (unpaired) electrons. The number of anilines is 2. The van der Waals surface area contributed by atoms with Crippen molar-refractivity contribution in [2.24, 2.45) is 0 Å². The van der Waals surface area contributed by atoms with Crippen LogP contribution in [-0.4, -0.2) is 50.0 Å². The molecule has 0 spiro atoms. The summed E-state index contributed by atoms with van der Waals surface area (Å²) in [6.45, 7) is 3.41. The fourth-order valence-electron chi connectivity index (χ4n) is 2.82. The highest BCUT2D eigenvalue weighted by Gasteiger charge is 2.22. The zero-order chi connectivity index (χ0) is 18.5. The lowest BCUT2D eigenvalue weighted by Crippen LogP contribution is -2.44. The van der Waals surface area contributed by atoms with Crippen molar-refractivity contribution in [1.29, 1.82) is 0 Å². The summed E-state index contributed by atoms with van der Waals surface area (Å²) in [7, 11) is 1.64. The van der Waals surface area contributed by atoms with Crippen LogP contribution < -0.4 is 15.0 Å². The maximum atomic E-state index is 12.5. The van der Waals surface area contributed by atoms with E-state index in [1.165, 1.54) is 4.90 Å². The highest BCUT2D eigenvalue weighted by molar-refractivity contribution is 5.95. The Morgan fingerprint density at radius 2 is 1.88 bits per heavy atom. The molecule has 26 heavy (non-hydrogen) atoms. The number of para-hydroxylation sites is 2. The molecule has 1 N–H and O–H groups in total. The van der Waals surface area contributed by atoms with Gasteiger partial charge in [0.15, 0.2) is 0 Å². The number of aryl methyl sites for hydroxylation is 1. The lowest BCUT2D eigenvalue weighted by Gasteiger charge is -2.31. The number of nitrogens with one attached hydrogen (secondary N) is 1. The molecule has 2 aromatic rings. The van der Waals surface area contributed by atoms with E-state index < -0.39 is 0 Å². The summed E-state index contributed by atoms with van der Waals surface area (Å²) in [6.07, 6.45) is 0. The van der Waals surface area contributed by atoms with Crippen LogP contribution in [0.4, 0.5) is 11.4 Å². The Hall–Kier alpha value is -3.02. The molecular weight excluding hydrogens is 330 g/mol. The fourth-order valence-corrected chi connectivity index (χ4v) is 2.82. The molecule has 1 aliphatic heterocycles. The maximum Gasteiger partial charge on any atom is 0.243 e. The van der Waals surface area contributed by atoms with Crippen molar-refractivity contribution >= 4 is 23.2 Å². The van der Waals surface area contributed by atoms with Gasteiger partial charge in [-0.3, -0.25) is 9.59 Å². The predicted octanol–water partition coefficient (Wildman–Crippen LogP) is 2.29. The largest absolute Gasteiger partial charge is 0.490 e. The van der Waals surface area contributed by atoms with Gasteiger partial charge in [-0.05, 0) is 31.2 Å². The number of rotatable bonds is 5. The van der Waals surface area contributed by atoms with E-state index in [2.05, 4.69) is 5.32 Å². The Labute approximate surface area is 153 Å². The molecular formula is C20H23N3O3. The monoisotopic (exact) mass is 353 g/mol. The zero-order valence-electron chi connectivity index (χ0n) is 15.1. The number of amides is 2. The van der Waals surface area contributed by atoms with E-state index >= 15 is 0 Å². The molecule has 0 bridgehead atoms. The van der Waals surface area contributed by atoms with Crippen LogP contribution in [0.5, 0.6) is 5.75 Å². The smallest absolute Gasteiger partial charge is 0.243 e.